The second kappa shape index (κ2) is 9.19. The quantitative estimate of drug-likeness (QED) is 0.385. The maximum Gasteiger partial charge on any atom is 0.251 e. The van der Waals surface area contributed by atoms with Gasteiger partial charge in [-0.3, -0.25) is 4.79 Å². The second-order valence-corrected chi connectivity index (χ2v) is 8.23. The van der Waals surface area contributed by atoms with Gasteiger partial charge in [-0.05, 0) is 29.8 Å². The Labute approximate surface area is 201 Å². The van der Waals surface area contributed by atoms with Crippen LogP contribution in [0.3, 0.4) is 0 Å². The van der Waals surface area contributed by atoms with Gasteiger partial charge in [0.2, 0.25) is 6.79 Å². The molecule has 1 amide bonds. The molecule has 8 heteroatoms. The molecular weight excluding hydrogens is 456 g/mol. The summed E-state index contributed by atoms with van der Waals surface area (Å²) < 4.78 is 22.0. The van der Waals surface area contributed by atoms with Gasteiger partial charge in [0, 0.05) is 40.7 Å². The molecule has 0 saturated carbocycles. The number of para-hydroxylation sites is 2. The summed E-state index contributed by atoms with van der Waals surface area (Å²) in [5.74, 6) is 1.68. The van der Waals surface area contributed by atoms with Gasteiger partial charge in [0.25, 0.3) is 5.91 Å². The number of halogens is 1. The molecule has 2 N–H and O–H groups in total. The van der Waals surface area contributed by atoms with Gasteiger partial charge in [-0.1, -0.05) is 41.9 Å². The predicted molar refractivity (Wildman–Crippen MR) is 130 cm³/mol. The number of rotatable bonds is 7. The van der Waals surface area contributed by atoms with E-state index in [0.717, 1.165) is 22.0 Å². The van der Waals surface area contributed by atoms with Crippen molar-refractivity contribution in [1.82, 2.24) is 10.3 Å². The average molecular weight is 479 g/mol. The van der Waals surface area contributed by atoms with Crippen molar-refractivity contribution in [2.75, 3.05) is 27.6 Å². The van der Waals surface area contributed by atoms with Crippen molar-refractivity contribution in [2.45, 2.75) is 5.92 Å². The molecule has 0 spiro atoms. The van der Waals surface area contributed by atoms with E-state index in [1.54, 1.807) is 26.4 Å². The molecule has 0 aliphatic carbocycles. The van der Waals surface area contributed by atoms with Crippen molar-refractivity contribution in [1.29, 1.82) is 0 Å². The van der Waals surface area contributed by atoms with Gasteiger partial charge in [0.1, 0.15) is 0 Å². The molecule has 0 fully saturated rings. The number of hydrogen-bond acceptors (Lipinski definition) is 5. The highest BCUT2D eigenvalue weighted by molar-refractivity contribution is 6.32. The number of fused-ring (bicyclic) bond motifs is 2. The first-order valence-corrected chi connectivity index (χ1v) is 11.1. The molecule has 34 heavy (non-hydrogen) atoms. The fourth-order valence-corrected chi connectivity index (χ4v) is 4.62. The third-order valence-electron chi connectivity index (χ3n) is 5.96. The van der Waals surface area contributed by atoms with Gasteiger partial charge in [0.15, 0.2) is 23.0 Å². The number of hydrogen-bond donors (Lipinski definition) is 2. The molecule has 1 atom stereocenters. The van der Waals surface area contributed by atoms with Crippen molar-refractivity contribution < 1.29 is 23.7 Å². The first-order valence-electron chi connectivity index (χ1n) is 10.7. The lowest BCUT2D eigenvalue weighted by Gasteiger charge is -2.22. The molecule has 174 valence electrons. The standard InChI is InChI=1S/C26H23ClN2O5/c1-31-22-9-5-7-17(24(22)32-2)19(18-12-28-21-8-4-3-6-16(18)21)13-29-26(30)15-10-20(27)25-23(11-15)33-14-34-25/h3-12,19,28H,13-14H2,1-2H3,(H,29,30). The van der Waals surface area contributed by atoms with Crippen LogP contribution in [0.5, 0.6) is 23.0 Å². The number of carbonyl (C=O) groups is 1. The zero-order valence-electron chi connectivity index (χ0n) is 18.7. The molecular formula is C26H23ClN2O5. The van der Waals surface area contributed by atoms with Crippen LogP contribution in [0, 0.1) is 0 Å². The van der Waals surface area contributed by atoms with Crippen LogP contribution in [-0.2, 0) is 0 Å². The van der Waals surface area contributed by atoms with E-state index in [1.165, 1.54) is 0 Å². The highest BCUT2D eigenvalue weighted by atomic mass is 35.5. The Balaban J connectivity index is 1.51. The summed E-state index contributed by atoms with van der Waals surface area (Å²) in [6, 6.07) is 17.0. The summed E-state index contributed by atoms with van der Waals surface area (Å²) in [5.41, 5.74) is 3.34. The number of benzene rings is 3. The molecule has 2 heterocycles. The molecule has 7 nitrogen and oxygen atoms in total. The number of methoxy groups -OCH3 is 2. The third kappa shape index (κ3) is 3.88. The highest BCUT2D eigenvalue weighted by Gasteiger charge is 2.25. The van der Waals surface area contributed by atoms with Crippen LogP contribution in [0.2, 0.25) is 5.02 Å². The van der Waals surface area contributed by atoms with Gasteiger partial charge in [-0.15, -0.1) is 0 Å². The molecule has 0 saturated heterocycles. The van der Waals surface area contributed by atoms with Crippen molar-refractivity contribution in [3.63, 3.8) is 0 Å². The Kier molecular flexibility index (Phi) is 5.94. The van der Waals surface area contributed by atoms with Gasteiger partial charge in [-0.25, -0.2) is 0 Å². The number of ether oxygens (including phenoxy) is 4. The van der Waals surface area contributed by atoms with Gasteiger partial charge in [-0.2, -0.15) is 0 Å². The lowest BCUT2D eigenvalue weighted by Crippen LogP contribution is -2.29. The van der Waals surface area contributed by atoms with E-state index < -0.39 is 0 Å². The van der Waals surface area contributed by atoms with Crippen LogP contribution in [0.25, 0.3) is 10.9 Å². The summed E-state index contributed by atoms with van der Waals surface area (Å²) >= 11 is 6.28. The number of nitrogens with one attached hydrogen (secondary N) is 2. The van der Waals surface area contributed by atoms with Crippen molar-refractivity contribution in [3.8, 4) is 23.0 Å². The predicted octanol–water partition coefficient (Wildman–Crippen LogP) is 5.13. The lowest BCUT2D eigenvalue weighted by molar-refractivity contribution is 0.0952. The molecule has 1 aliphatic heterocycles. The Morgan fingerprint density at radius 3 is 2.76 bits per heavy atom. The minimum absolute atomic E-state index is 0.0817. The Morgan fingerprint density at radius 1 is 1.09 bits per heavy atom. The van der Waals surface area contributed by atoms with Crippen LogP contribution < -0.4 is 24.3 Å². The van der Waals surface area contributed by atoms with Gasteiger partial charge >= 0.3 is 0 Å². The van der Waals surface area contributed by atoms with Crippen LogP contribution in [0.4, 0.5) is 0 Å². The first kappa shape index (κ1) is 22.0. The summed E-state index contributed by atoms with van der Waals surface area (Å²) in [5, 5.41) is 4.46. The van der Waals surface area contributed by atoms with E-state index in [1.807, 2.05) is 42.6 Å². The largest absolute Gasteiger partial charge is 0.493 e. The molecule has 0 bridgehead atoms. The topological polar surface area (TPSA) is 81.8 Å². The maximum absolute atomic E-state index is 13.1. The highest BCUT2D eigenvalue weighted by Crippen LogP contribution is 2.41. The van der Waals surface area contributed by atoms with Crippen molar-refractivity contribution in [2.24, 2.45) is 0 Å². The number of H-pyrrole nitrogens is 1. The molecule has 1 aromatic heterocycles. The van der Waals surface area contributed by atoms with Crippen molar-refractivity contribution in [3.05, 3.63) is 82.5 Å². The average Bonchev–Trinajstić information content (AvgIpc) is 3.51. The van der Waals surface area contributed by atoms with Crippen molar-refractivity contribution >= 4 is 28.4 Å². The van der Waals surface area contributed by atoms with Crippen LogP contribution in [-0.4, -0.2) is 38.4 Å². The van der Waals surface area contributed by atoms with Crippen LogP contribution >= 0.6 is 11.6 Å². The molecule has 1 aliphatic rings. The molecule has 1 unspecified atom stereocenters. The van der Waals surface area contributed by atoms with E-state index in [9.17, 15) is 4.79 Å². The fraction of sp³-hybridized carbons (Fsp3) is 0.192. The first-order chi connectivity index (χ1) is 16.6. The van der Waals surface area contributed by atoms with E-state index >= 15 is 0 Å². The minimum Gasteiger partial charge on any atom is -0.493 e. The lowest BCUT2D eigenvalue weighted by atomic mass is 9.89. The SMILES string of the molecule is COc1cccc(C(CNC(=O)c2cc(Cl)c3c(c2)OCO3)c2c[nH]c3ccccc23)c1OC. The Morgan fingerprint density at radius 2 is 1.94 bits per heavy atom. The number of aromatic amines is 1. The van der Waals surface area contributed by atoms with Crippen LogP contribution in [0.15, 0.2) is 60.8 Å². The fourth-order valence-electron chi connectivity index (χ4n) is 4.35. The third-order valence-corrected chi connectivity index (χ3v) is 6.24. The molecule has 4 aromatic rings. The summed E-state index contributed by atoms with van der Waals surface area (Å²) in [7, 11) is 3.22. The van der Waals surface area contributed by atoms with Gasteiger partial charge < -0.3 is 29.2 Å². The monoisotopic (exact) mass is 478 g/mol. The molecule has 5 rings (SSSR count). The summed E-state index contributed by atoms with van der Waals surface area (Å²) in [4.78, 5) is 16.4. The van der Waals surface area contributed by atoms with E-state index in [0.29, 0.717) is 40.1 Å². The van der Waals surface area contributed by atoms with Crippen LogP contribution in [0.1, 0.15) is 27.4 Å². The Bertz CT molecular complexity index is 1370. The maximum atomic E-state index is 13.1. The zero-order valence-corrected chi connectivity index (χ0v) is 19.4. The minimum atomic E-state index is -0.271. The Hall–Kier alpha value is -3.84. The molecule has 0 radical (unpaired) electrons. The van der Waals surface area contributed by atoms with E-state index in [-0.39, 0.29) is 18.6 Å². The smallest absolute Gasteiger partial charge is 0.251 e. The number of aromatic nitrogens is 1. The number of amides is 1. The van der Waals surface area contributed by atoms with Gasteiger partial charge in [0.05, 0.1) is 19.2 Å². The van der Waals surface area contributed by atoms with E-state index in [4.69, 9.17) is 30.5 Å². The second-order valence-electron chi connectivity index (χ2n) is 7.83. The number of carbonyl (C=O) groups excluding carboxylic acids is 1. The summed E-state index contributed by atoms with van der Waals surface area (Å²) in [6.07, 6.45) is 1.97. The molecule has 3 aromatic carbocycles. The van der Waals surface area contributed by atoms with E-state index in [2.05, 4.69) is 16.4 Å². The summed E-state index contributed by atoms with van der Waals surface area (Å²) in [6.45, 7) is 0.397. The zero-order chi connectivity index (χ0) is 23.7. The normalized spacial score (nSPS) is 13.0.